The van der Waals surface area contributed by atoms with Gasteiger partial charge in [0.05, 0.1) is 0 Å². The van der Waals surface area contributed by atoms with E-state index in [1.54, 1.807) is 0 Å². The molecule has 86 valence electrons. The molecule has 1 saturated carbocycles. The molecule has 16 heavy (non-hydrogen) atoms. The number of ketones is 1. The van der Waals surface area contributed by atoms with Crippen molar-refractivity contribution < 1.29 is 4.79 Å². The number of hydrogen-bond donors (Lipinski definition) is 0. The van der Waals surface area contributed by atoms with Crippen LogP contribution >= 0.6 is 0 Å². The average molecular weight is 216 g/mol. The van der Waals surface area contributed by atoms with Crippen molar-refractivity contribution in [2.24, 2.45) is 17.8 Å². The predicted octanol–water partition coefficient (Wildman–Crippen LogP) is 3.65. The Morgan fingerprint density at radius 3 is 2.38 bits per heavy atom. The van der Waals surface area contributed by atoms with Gasteiger partial charge in [-0.15, -0.1) is 0 Å². The maximum atomic E-state index is 12.1. The fraction of sp³-hybridized carbons (Fsp3) is 0.533. The van der Waals surface area contributed by atoms with Gasteiger partial charge in [-0.25, -0.2) is 0 Å². The number of benzene rings is 1. The second-order valence-electron chi connectivity index (χ2n) is 5.29. The van der Waals surface area contributed by atoms with E-state index >= 15 is 0 Å². The molecule has 1 aliphatic rings. The van der Waals surface area contributed by atoms with Crippen LogP contribution in [-0.2, 0) is 4.79 Å². The molecule has 0 radical (unpaired) electrons. The smallest absolute Gasteiger partial charge is 0.139 e. The molecular formula is C15H20O. The van der Waals surface area contributed by atoms with Crippen molar-refractivity contribution in [2.45, 2.75) is 33.1 Å². The molecule has 1 fully saturated rings. The van der Waals surface area contributed by atoms with E-state index in [0.29, 0.717) is 23.5 Å². The van der Waals surface area contributed by atoms with Crippen LogP contribution < -0.4 is 0 Å². The van der Waals surface area contributed by atoms with Gasteiger partial charge in [-0.2, -0.15) is 0 Å². The van der Waals surface area contributed by atoms with Crippen molar-refractivity contribution in [2.75, 3.05) is 0 Å². The lowest BCUT2D eigenvalue weighted by Gasteiger charge is -2.13. The Morgan fingerprint density at radius 1 is 1.19 bits per heavy atom. The van der Waals surface area contributed by atoms with Crippen molar-refractivity contribution in [1.29, 1.82) is 0 Å². The first-order chi connectivity index (χ1) is 7.61. The highest BCUT2D eigenvalue weighted by Crippen LogP contribution is 2.49. The van der Waals surface area contributed by atoms with Crippen LogP contribution in [0, 0.1) is 17.8 Å². The molecule has 3 unspecified atom stereocenters. The zero-order valence-electron chi connectivity index (χ0n) is 10.3. The minimum atomic E-state index is 0.207. The first kappa shape index (κ1) is 11.4. The monoisotopic (exact) mass is 216 g/mol. The summed E-state index contributed by atoms with van der Waals surface area (Å²) in [7, 11) is 0. The molecule has 1 heteroatoms. The van der Waals surface area contributed by atoms with Crippen LogP contribution in [0.2, 0.25) is 0 Å². The van der Waals surface area contributed by atoms with Crippen LogP contribution in [0.3, 0.4) is 0 Å². The Hall–Kier alpha value is -1.11. The number of rotatable bonds is 4. The van der Waals surface area contributed by atoms with E-state index in [1.807, 2.05) is 6.07 Å². The molecular weight excluding hydrogens is 196 g/mol. The van der Waals surface area contributed by atoms with Crippen LogP contribution in [0.5, 0.6) is 0 Å². The molecule has 1 nitrogen and oxygen atoms in total. The van der Waals surface area contributed by atoms with Crippen LogP contribution in [0.25, 0.3) is 0 Å². The van der Waals surface area contributed by atoms with Crippen molar-refractivity contribution in [3.05, 3.63) is 35.9 Å². The molecule has 0 saturated heterocycles. The molecule has 0 N–H and O–H groups in total. The maximum absolute atomic E-state index is 12.1. The van der Waals surface area contributed by atoms with Gasteiger partial charge < -0.3 is 0 Å². The predicted molar refractivity (Wildman–Crippen MR) is 66.3 cm³/mol. The molecule has 0 spiro atoms. The van der Waals surface area contributed by atoms with Crippen LogP contribution in [0.1, 0.15) is 38.7 Å². The largest absolute Gasteiger partial charge is 0.299 e. The summed E-state index contributed by atoms with van der Waals surface area (Å²) in [5.74, 6) is 1.92. The summed E-state index contributed by atoms with van der Waals surface area (Å²) >= 11 is 0. The summed E-state index contributed by atoms with van der Waals surface area (Å²) in [4.78, 5) is 12.1. The summed E-state index contributed by atoms with van der Waals surface area (Å²) < 4.78 is 0. The Kier molecular flexibility index (Phi) is 3.13. The van der Waals surface area contributed by atoms with Gasteiger partial charge in [0.15, 0.2) is 0 Å². The quantitative estimate of drug-likeness (QED) is 0.750. The fourth-order valence-corrected chi connectivity index (χ4v) is 2.24. The molecule has 0 aromatic heterocycles. The van der Waals surface area contributed by atoms with Gasteiger partial charge in [-0.1, -0.05) is 51.1 Å². The second kappa shape index (κ2) is 4.40. The highest BCUT2D eigenvalue weighted by atomic mass is 16.1. The van der Waals surface area contributed by atoms with E-state index in [9.17, 15) is 4.79 Å². The van der Waals surface area contributed by atoms with Crippen LogP contribution in [0.15, 0.2) is 30.3 Å². The van der Waals surface area contributed by atoms with Crippen LogP contribution in [0.4, 0.5) is 0 Å². The van der Waals surface area contributed by atoms with E-state index in [-0.39, 0.29) is 5.92 Å². The van der Waals surface area contributed by atoms with Crippen molar-refractivity contribution in [1.82, 2.24) is 0 Å². The second-order valence-corrected chi connectivity index (χ2v) is 5.29. The van der Waals surface area contributed by atoms with Gasteiger partial charge in [0, 0.05) is 11.8 Å². The van der Waals surface area contributed by atoms with E-state index in [0.717, 1.165) is 6.42 Å². The Labute approximate surface area is 97.9 Å². The zero-order chi connectivity index (χ0) is 11.7. The highest BCUT2D eigenvalue weighted by Gasteiger charge is 2.45. The molecule has 0 bridgehead atoms. The van der Waals surface area contributed by atoms with Crippen LogP contribution in [-0.4, -0.2) is 5.78 Å². The first-order valence-electron chi connectivity index (χ1n) is 6.20. The third-order valence-corrected chi connectivity index (χ3v) is 3.83. The Bertz CT molecular complexity index is 366. The van der Waals surface area contributed by atoms with E-state index in [1.165, 1.54) is 5.56 Å². The van der Waals surface area contributed by atoms with Gasteiger partial charge in [-0.3, -0.25) is 4.79 Å². The molecule has 2 rings (SSSR count). The minimum Gasteiger partial charge on any atom is -0.299 e. The average Bonchev–Trinajstić information content (AvgIpc) is 3.08. The van der Waals surface area contributed by atoms with Gasteiger partial charge >= 0.3 is 0 Å². The first-order valence-corrected chi connectivity index (χ1v) is 6.20. The van der Waals surface area contributed by atoms with Gasteiger partial charge in [-0.05, 0) is 23.8 Å². The van der Waals surface area contributed by atoms with E-state index in [2.05, 4.69) is 45.0 Å². The van der Waals surface area contributed by atoms with E-state index in [4.69, 9.17) is 0 Å². The highest BCUT2D eigenvalue weighted by molar-refractivity contribution is 5.87. The summed E-state index contributed by atoms with van der Waals surface area (Å²) in [6.45, 7) is 6.32. The maximum Gasteiger partial charge on any atom is 0.139 e. The summed E-state index contributed by atoms with van der Waals surface area (Å²) in [6, 6.07) is 10.4. The molecule has 1 aromatic rings. The number of Topliss-reactive ketones (excluding diaryl/α,β-unsaturated/α-hetero) is 1. The summed E-state index contributed by atoms with van der Waals surface area (Å²) in [5.41, 5.74) is 1.33. The molecule has 0 heterocycles. The molecule has 1 aromatic carbocycles. The third kappa shape index (κ3) is 2.18. The molecule has 0 amide bonds. The number of hydrogen-bond acceptors (Lipinski definition) is 1. The summed E-state index contributed by atoms with van der Waals surface area (Å²) in [5, 5.41) is 0. The molecule has 0 aliphatic heterocycles. The lowest BCUT2D eigenvalue weighted by molar-refractivity contribution is -0.124. The Morgan fingerprint density at radius 2 is 1.81 bits per heavy atom. The summed E-state index contributed by atoms with van der Waals surface area (Å²) in [6.07, 6.45) is 1.06. The normalized spacial score (nSPS) is 25.5. The number of carbonyl (C=O) groups is 1. The minimum absolute atomic E-state index is 0.207. The van der Waals surface area contributed by atoms with Gasteiger partial charge in [0.2, 0.25) is 0 Å². The van der Waals surface area contributed by atoms with Crippen molar-refractivity contribution in [3.63, 3.8) is 0 Å². The lowest BCUT2D eigenvalue weighted by Crippen LogP contribution is -2.19. The topological polar surface area (TPSA) is 17.1 Å². The fourth-order valence-electron chi connectivity index (χ4n) is 2.24. The lowest BCUT2D eigenvalue weighted by atomic mass is 9.90. The van der Waals surface area contributed by atoms with Crippen molar-refractivity contribution in [3.8, 4) is 0 Å². The Balaban J connectivity index is 1.99. The molecule has 1 aliphatic carbocycles. The zero-order valence-corrected chi connectivity index (χ0v) is 10.3. The van der Waals surface area contributed by atoms with Crippen molar-refractivity contribution >= 4 is 5.78 Å². The van der Waals surface area contributed by atoms with E-state index < -0.39 is 0 Å². The SMILES string of the molecule is CC(C)C(C)C(=O)C1CC1c1ccccc1. The molecule has 3 atom stereocenters. The van der Waals surface area contributed by atoms with Gasteiger partial charge in [0.1, 0.15) is 5.78 Å². The third-order valence-electron chi connectivity index (χ3n) is 3.83. The standard InChI is InChI=1S/C15H20O/c1-10(2)11(3)15(16)14-9-13(14)12-7-5-4-6-8-12/h4-8,10-11,13-14H,9H2,1-3H3. The number of carbonyl (C=O) groups excluding carboxylic acids is 1. The van der Waals surface area contributed by atoms with Gasteiger partial charge in [0.25, 0.3) is 0 Å².